The first-order valence-electron chi connectivity index (χ1n) is 23.8. The Morgan fingerprint density at radius 3 is 1.34 bits per heavy atom. The van der Waals surface area contributed by atoms with Crippen LogP contribution in [0.4, 0.5) is 0 Å². The van der Waals surface area contributed by atoms with Crippen molar-refractivity contribution >= 4 is 80.7 Å². The summed E-state index contributed by atoms with van der Waals surface area (Å²) in [6.07, 6.45) is 2.27. The number of para-hydroxylation sites is 4. The van der Waals surface area contributed by atoms with Gasteiger partial charge in [0.1, 0.15) is 23.3 Å². The molecule has 0 fully saturated rings. The van der Waals surface area contributed by atoms with Crippen LogP contribution in [0.25, 0.3) is 44.3 Å². The number of aliphatic imine (C=N–C) groups is 2. The van der Waals surface area contributed by atoms with Crippen molar-refractivity contribution in [3.05, 3.63) is 179 Å². The molecule has 2 atom stereocenters. The molecule has 0 bridgehead atoms. The van der Waals surface area contributed by atoms with E-state index < -0.39 is 35.8 Å². The Morgan fingerprint density at radius 2 is 0.919 bits per heavy atom. The lowest BCUT2D eigenvalue weighted by molar-refractivity contribution is 0.0682. The number of carbonyl (C=O) groups is 4. The summed E-state index contributed by atoms with van der Waals surface area (Å²) in [7, 11) is 3.79. The predicted molar refractivity (Wildman–Crippen MR) is 292 cm³/mol. The molecule has 0 radical (unpaired) electrons. The van der Waals surface area contributed by atoms with Gasteiger partial charge in [-0.1, -0.05) is 97.1 Å². The average Bonchev–Trinajstić information content (AvgIpc) is 3.95. The molecule has 8 rings (SSSR count). The Morgan fingerprint density at radius 1 is 0.527 bits per heavy atom. The van der Waals surface area contributed by atoms with E-state index in [1.165, 1.54) is 12.1 Å². The number of amidine groups is 2. The predicted octanol–water partition coefficient (Wildman–Crippen LogP) is 9.57. The number of benzene rings is 6. The second-order valence-electron chi connectivity index (χ2n) is 17.2. The van der Waals surface area contributed by atoms with E-state index >= 15 is 0 Å². The van der Waals surface area contributed by atoms with E-state index in [-0.39, 0.29) is 34.0 Å². The summed E-state index contributed by atoms with van der Waals surface area (Å²) >= 11 is 11.4. The summed E-state index contributed by atoms with van der Waals surface area (Å²) in [5.74, 6) is -0.968. The summed E-state index contributed by atoms with van der Waals surface area (Å²) in [6, 6.07) is 43.0. The molecule has 18 heteroatoms. The Labute approximate surface area is 437 Å². The Bertz CT molecular complexity index is 3340. The number of carbonyl (C=O) groups excluding carboxylic acids is 2. The van der Waals surface area contributed by atoms with Crippen molar-refractivity contribution in [2.24, 2.45) is 35.5 Å². The molecule has 0 unspecified atom stereocenters. The van der Waals surface area contributed by atoms with Gasteiger partial charge >= 0.3 is 11.9 Å². The molecule has 0 aliphatic heterocycles. The number of aromatic carboxylic acids is 2. The fraction of sp³-hybridized carbons (Fsp3) is 0.214. The highest BCUT2D eigenvalue weighted by molar-refractivity contribution is 6.28. The van der Waals surface area contributed by atoms with E-state index in [4.69, 9.17) is 44.6 Å². The number of carboxylic acid groups (broad SMARTS) is 2. The topological polar surface area (TPSA) is 245 Å². The number of fused-ring (bicyclic) bond motifs is 2. The van der Waals surface area contributed by atoms with E-state index in [0.29, 0.717) is 62.1 Å². The quantitative estimate of drug-likeness (QED) is 0.0183. The van der Waals surface area contributed by atoms with Gasteiger partial charge in [0.25, 0.3) is 11.8 Å². The largest absolute Gasteiger partial charge is 0.478 e. The van der Waals surface area contributed by atoms with Gasteiger partial charge in [-0.2, -0.15) is 0 Å². The standard InChI is InChI=1S/2C28H28ClN5O3/c1-34-24-12-6-5-10-22(24)32-26(34)23(11-7-15-31-25(30)17-29)33-27(35)21-16-19(13-14-20(21)28(36)37)18-8-3-2-4-9-18;1-34-24-12-6-5-10-22(24)32-26(34)23(11-7-15-31-25(30)17-29)33-27(35)20-14-13-19(16-21(20)28(36)37)18-8-3-2-4-9-18/h2*2-6,8-10,12-14,16,23H,7,11,15,17H2,1H3,(H2,30,31)(H,33,35)(H,36,37)/t2*23-/m00/s1. The zero-order valence-electron chi connectivity index (χ0n) is 40.8. The highest BCUT2D eigenvalue weighted by atomic mass is 35.5. The van der Waals surface area contributed by atoms with E-state index in [9.17, 15) is 29.4 Å². The lowest BCUT2D eigenvalue weighted by atomic mass is 9.98. The van der Waals surface area contributed by atoms with Crippen LogP contribution in [-0.2, 0) is 14.1 Å². The van der Waals surface area contributed by atoms with Gasteiger partial charge in [-0.25, -0.2) is 19.6 Å². The van der Waals surface area contributed by atoms with Crippen molar-refractivity contribution < 1.29 is 29.4 Å². The van der Waals surface area contributed by atoms with Crippen molar-refractivity contribution in [3.63, 3.8) is 0 Å². The van der Waals surface area contributed by atoms with Crippen molar-refractivity contribution in [1.82, 2.24) is 29.7 Å². The molecule has 74 heavy (non-hydrogen) atoms. The minimum atomic E-state index is -1.17. The van der Waals surface area contributed by atoms with E-state index in [1.54, 1.807) is 24.3 Å². The van der Waals surface area contributed by atoms with Crippen LogP contribution >= 0.6 is 23.2 Å². The molecule has 2 heterocycles. The number of aromatic nitrogens is 4. The number of aryl methyl sites for hydroxylation is 2. The zero-order valence-corrected chi connectivity index (χ0v) is 42.3. The van der Waals surface area contributed by atoms with Gasteiger partial charge in [0.05, 0.1) is 68.2 Å². The summed E-state index contributed by atoms with van der Waals surface area (Å²) in [5, 5.41) is 25.7. The molecule has 8 aromatic rings. The van der Waals surface area contributed by atoms with Crippen LogP contribution in [0.2, 0.25) is 0 Å². The van der Waals surface area contributed by atoms with Crippen molar-refractivity contribution in [2.45, 2.75) is 37.8 Å². The molecule has 380 valence electrons. The van der Waals surface area contributed by atoms with Crippen LogP contribution in [0, 0.1) is 0 Å². The SMILES string of the molecule is Cn1c([C@H](CCCN=C(N)CCl)NC(=O)c2cc(-c3ccccc3)ccc2C(=O)O)nc2ccccc21.Cn1c([C@H](CCCN=C(N)CCl)NC(=O)c2ccc(-c3ccccc3)cc2C(=O)O)nc2ccccc21. The average molecular weight is 1040 g/mol. The second kappa shape index (κ2) is 25.4. The number of hydrogen-bond acceptors (Lipinski definition) is 8. The number of nitrogens with zero attached hydrogens (tertiary/aromatic N) is 6. The van der Waals surface area contributed by atoms with Gasteiger partial charge in [0.2, 0.25) is 0 Å². The number of halogens is 2. The molecule has 0 saturated carbocycles. The molecule has 0 spiro atoms. The van der Waals surface area contributed by atoms with Crippen LogP contribution in [0.1, 0.15) is 90.8 Å². The fourth-order valence-corrected chi connectivity index (χ4v) is 8.70. The third-order valence-corrected chi connectivity index (χ3v) is 12.8. The lowest BCUT2D eigenvalue weighted by Crippen LogP contribution is -2.31. The number of amides is 2. The molecule has 8 N–H and O–H groups in total. The maximum Gasteiger partial charge on any atom is 0.336 e. The van der Waals surface area contributed by atoms with Crippen molar-refractivity contribution in [3.8, 4) is 22.3 Å². The molecule has 2 amide bonds. The lowest BCUT2D eigenvalue weighted by Gasteiger charge is -2.19. The first kappa shape index (κ1) is 53.5. The number of rotatable bonds is 20. The van der Waals surface area contributed by atoms with Gasteiger partial charge in [-0.05, 0) is 96.5 Å². The fourth-order valence-electron chi connectivity index (χ4n) is 8.53. The first-order valence-corrected chi connectivity index (χ1v) is 24.8. The maximum absolute atomic E-state index is 13.6. The molecular weight excluding hydrogens is 980 g/mol. The smallest absolute Gasteiger partial charge is 0.336 e. The van der Waals surface area contributed by atoms with Crippen LogP contribution in [0.15, 0.2) is 156 Å². The number of hydrogen-bond donors (Lipinski definition) is 6. The first-order chi connectivity index (χ1) is 35.8. The highest BCUT2D eigenvalue weighted by Crippen LogP contribution is 2.29. The number of alkyl halides is 2. The molecule has 2 aromatic heterocycles. The summed E-state index contributed by atoms with van der Waals surface area (Å²) in [4.78, 5) is 69.1. The third-order valence-electron chi connectivity index (χ3n) is 12.3. The number of imidazole rings is 2. The van der Waals surface area contributed by atoms with Crippen LogP contribution in [-0.4, -0.2) is 89.6 Å². The Balaban J connectivity index is 0.000000216. The van der Waals surface area contributed by atoms with Crippen LogP contribution < -0.4 is 22.1 Å². The van der Waals surface area contributed by atoms with E-state index in [0.717, 1.165) is 44.3 Å². The van der Waals surface area contributed by atoms with Crippen molar-refractivity contribution in [1.29, 1.82) is 0 Å². The summed E-state index contributed by atoms with van der Waals surface area (Å²) < 4.78 is 3.88. The number of carboxylic acids is 2. The van der Waals surface area contributed by atoms with Gasteiger partial charge in [0, 0.05) is 27.2 Å². The summed E-state index contributed by atoms with van der Waals surface area (Å²) in [6.45, 7) is 0.889. The number of nitrogens with one attached hydrogen (secondary N) is 2. The van der Waals surface area contributed by atoms with Crippen LogP contribution in [0.3, 0.4) is 0 Å². The van der Waals surface area contributed by atoms with Gasteiger partial charge in [0.15, 0.2) is 0 Å². The Kier molecular flexibility index (Phi) is 18.3. The van der Waals surface area contributed by atoms with Crippen molar-refractivity contribution in [2.75, 3.05) is 24.8 Å². The van der Waals surface area contributed by atoms with Crippen LogP contribution in [0.5, 0.6) is 0 Å². The normalized spacial score (nSPS) is 12.4. The second-order valence-corrected chi connectivity index (χ2v) is 17.8. The van der Waals surface area contributed by atoms with Gasteiger partial charge in [-0.15, -0.1) is 23.2 Å². The maximum atomic E-state index is 13.6. The van der Waals surface area contributed by atoms with E-state index in [2.05, 4.69) is 20.6 Å². The molecule has 0 aliphatic carbocycles. The van der Waals surface area contributed by atoms with Gasteiger partial charge < -0.3 is 41.4 Å². The Hall–Kier alpha value is -8.34. The molecule has 0 saturated heterocycles. The minimum absolute atomic E-state index is 0.0675. The minimum Gasteiger partial charge on any atom is -0.478 e. The summed E-state index contributed by atoms with van der Waals surface area (Å²) in [5.41, 5.74) is 18.2. The highest BCUT2D eigenvalue weighted by Gasteiger charge is 2.26. The van der Waals surface area contributed by atoms with Gasteiger partial charge in [-0.3, -0.25) is 19.6 Å². The zero-order chi connectivity index (χ0) is 52.7. The third kappa shape index (κ3) is 13.2. The molecular formula is C56H56Cl2N10O6. The molecule has 16 nitrogen and oxygen atoms in total. The molecule has 0 aliphatic rings. The molecule has 6 aromatic carbocycles. The van der Waals surface area contributed by atoms with E-state index in [1.807, 2.05) is 132 Å². The monoisotopic (exact) mass is 1030 g/mol. The number of nitrogens with two attached hydrogens (primary N) is 2.